The average Bonchev–Trinajstić information content (AvgIpc) is 3.15. The van der Waals surface area contributed by atoms with Crippen molar-refractivity contribution in [2.75, 3.05) is 26.2 Å². The zero-order valence-corrected chi connectivity index (χ0v) is 17.2. The summed E-state index contributed by atoms with van der Waals surface area (Å²) < 4.78 is 80.7. The topological polar surface area (TPSA) is 82.7 Å². The summed E-state index contributed by atoms with van der Waals surface area (Å²) >= 11 is 0. The van der Waals surface area contributed by atoms with E-state index in [4.69, 9.17) is 0 Å². The average molecular weight is 471 g/mol. The molecule has 1 aliphatic heterocycles. The highest BCUT2D eigenvalue weighted by Gasteiger charge is 2.33. The van der Waals surface area contributed by atoms with Crippen LogP contribution in [0.2, 0.25) is 0 Å². The molecule has 0 spiro atoms. The molecule has 3 aromatic rings. The van der Waals surface area contributed by atoms with Gasteiger partial charge in [-0.05, 0) is 48.5 Å². The van der Waals surface area contributed by atoms with Crippen molar-refractivity contribution in [1.82, 2.24) is 14.2 Å². The third-order valence-electron chi connectivity index (χ3n) is 5.03. The number of aromatic amines is 1. The molecule has 1 saturated heterocycles. The number of halogens is 4. The molecule has 12 heteroatoms. The quantitative estimate of drug-likeness (QED) is 0.592. The number of carbonyl (C=O) groups is 1. The van der Waals surface area contributed by atoms with E-state index in [-0.39, 0.29) is 42.7 Å². The summed E-state index contributed by atoms with van der Waals surface area (Å²) in [5.41, 5.74) is 0.871. The molecule has 0 atom stereocenters. The summed E-state index contributed by atoms with van der Waals surface area (Å²) in [6, 6.07) is 9.58. The number of H-pyrrole nitrogens is 1. The van der Waals surface area contributed by atoms with Gasteiger partial charge in [0.05, 0.1) is 4.90 Å². The third-order valence-corrected chi connectivity index (χ3v) is 6.95. The van der Waals surface area contributed by atoms with Gasteiger partial charge in [-0.25, -0.2) is 12.8 Å². The van der Waals surface area contributed by atoms with Gasteiger partial charge in [0, 0.05) is 37.1 Å². The van der Waals surface area contributed by atoms with Gasteiger partial charge in [-0.15, -0.1) is 13.2 Å². The van der Waals surface area contributed by atoms with Crippen molar-refractivity contribution in [3.05, 3.63) is 60.0 Å². The van der Waals surface area contributed by atoms with Crippen molar-refractivity contribution in [1.29, 1.82) is 0 Å². The van der Waals surface area contributed by atoms with Crippen LogP contribution >= 0.6 is 0 Å². The normalized spacial score (nSPS) is 15.8. The van der Waals surface area contributed by atoms with Gasteiger partial charge in [0.25, 0.3) is 5.91 Å². The highest BCUT2D eigenvalue weighted by atomic mass is 32.2. The van der Waals surface area contributed by atoms with E-state index in [1.165, 1.54) is 29.2 Å². The van der Waals surface area contributed by atoms with Crippen molar-refractivity contribution < 1.29 is 35.5 Å². The molecule has 32 heavy (non-hydrogen) atoms. The predicted molar refractivity (Wildman–Crippen MR) is 106 cm³/mol. The number of rotatable bonds is 4. The number of hydrogen-bond acceptors (Lipinski definition) is 4. The van der Waals surface area contributed by atoms with Gasteiger partial charge in [-0.2, -0.15) is 4.31 Å². The second-order valence-corrected chi connectivity index (χ2v) is 9.07. The van der Waals surface area contributed by atoms with Gasteiger partial charge in [-0.3, -0.25) is 4.79 Å². The number of carbonyl (C=O) groups excluding carboxylic acids is 1. The molecule has 1 amide bonds. The van der Waals surface area contributed by atoms with Crippen LogP contribution in [0.15, 0.2) is 53.4 Å². The van der Waals surface area contributed by atoms with Crippen LogP contribution in [0.4, 0.5) is 17.6 Å². The van der Waals surface area contributed by atoms with E-state index >= 15 is 0 Å². The Morgan fingerprint density at radius 2 is 1.62 bits per heavy atom. The lowest BCUT2D eigenvalue weighted by Crippen LogP contribution is -2.50. The molecule has 1 fully saturated rings. The molecule has 4 rings (SSSR count). The van der Waals surface area contributed by atoms with Gasteiger partial charge >= 0.3 is 6.36 Å². The summed E-state index contributed by atoms with van der Waals surface area (Å²) in [4.78, 5) is 17.0. The van der Waals surface area contributed by atoms with Crippen LogP contribution in [0.25, 0.3) is 10.9 Å². The number of aromatic nitrogens is 1. The Kier molecular flexibility index (Phi) is 5.59. The minimum Gasteiger partial charge on any atom is -0.406 e. The first-order valence-corrected chi connectivity index (χ1v) is 10.9. The fourth-order valence-corrected chi connectivity index (χ4v) is 4.91. The Morgan fingerprint density at radius 3 is 2.25 bits per heavy atom. The number of fused-ring (bicyclic) bond motifs is 1. The lowest BCUT2D eigenvalue weighted by Gasteiger charge is -2.33. The molecule has 1 aliphatic rings. The van der Waals surface area contributed by atoms with E-state index < -0.39 is 28.0 Å². The van der Waals surface area contributed by atoms with Gasteiger partial charge in [0.1, 0.15) is 17.3 Å². The van der Waals surface area contributed by atoms with Crippen molar-refractivity contribution in [3.8, 4) is 5.75 Å². The Balaban J connectivity index is 1.42. The Labute approximate surface area is 180 Å². The maximum absolute atomic E-state index is 13.4. The number of ether oxygens (including phenoxy) is 1. The fraction of sp³-hybridized carbons (Fsp3) is 0.250. The fourth-order valence-electron chi connectivity index (χ4n) is 3.48. The van der Waals surface area contributed by atoms with Crippen molar-refractivity contribution in [2.45, 2.75) is 11.3 Å². The molecular weight excluding hydrogens is 454 g/mol. The van der Waals surface area contributed by atoms with E-state index in [0.29, 0.717) is 10.9 Å². The first-order chi connectivity index (χ1) is 15.0. The predicted octanol–water partition coefficient (Wildman–Crippen LogP) is 3.35. The molecule has 0 aliphatic carbocycles. The van der Waals surface area contributed by atoms with E-state index in [0.717, 1.165) is 28.6 Å². The standard InChI is InChI=1S/C20H17F4N3O4S/c21-14-1-6-17-13(11-14)12-18(25-17)19(28)26-7-9-27(10-8-26)32(29,30)16-4-2-15(3-5-16)31-20(22,23)24/h1-6,11-12,25H,7-10H2. The van der Waals surface area contributed by atoms with Gasteiger partial charge in [0.15, 0.2) is 0 Å². The summed E-state index contributed by atoms with van der Waals surface area (Å²) in [5, 5.41) is 0.549. The number of hydrogen-bond donors (Lipinski definition) is 1. The molecule has 2 aromatic carbocycles. The lowest BCUT2D eigenvalue weighted by molar-refractivity contribution is -0.274. The Hall–Kier alpha value is -3.12. The smallest absolute Gasteiger partial charge is 0.406 e. The zero-order chi connectivity index (χ0) is 23.1. The highest BCUT2D eigenvalue weighted by molar-refractivity contribution is 7.89. The number of nitrogens with zero attached hydrogens (tertiary/aromatic N) is 2. The third kappa shape index (κ3) is 4.55. The Morgan fingerprint density at radius 1 is 0.969 bits per heavy atom. The molecule has 1 N–H and O–H groups in total. The maximum atomic E-state index is 13.4. The van der Waals surface area contributed by atoms with E-state index in [1.54, 1.807) is 0 Å². The molecule has 170 valence electrons. The SMILES string of the molecule is O=C(c1cc2cc(F)ccc2[nH]1)N1CCN(S(=O)(=O)c2ccc(OC(F)(F)F)cc2)CC1. The largest absolute Gasteiger partial charge is 0.573 e. The van der Waals surface area contributed by atoms with Crippen LogP contribution in [-0.2, 0) is 10.0 Å². The Bertz CT molecular complexity index is 1250. The molecule has 0 bridgehead atoms. The number of piperazine rings is 1. The summed E-state index contributed by atoms with van der Waals surface area (Å²) in [6.07, 6.45) is -4.87. The van der Waals surface area contributed by atoms with Crippen LogP contribution in [-0.4, -0.2) is 61.1 Å². The van der Waals surface area contributed by atoms with Crippen LogP contribution in [0.3, 0.4) is 0 Å². The van der Waals surface area contributed by atoms with E-state index in [1.807, 2.05) is 0 Å². The minimum absolute atomic E-state index is 0.0176. The number of amides is 1. The number of sulfonamides is 1. The van der Waals surface area contributed by atoms with Crippen LogP contribution in [0, 0.1) is 5.82 Å². The van der Waals surface area contributed by atoms with Crippen molar-refractivity contribution in [3.63, 3.8) is 0 Å². The number of alkyl halides is 3. The number of nitrogens with one attached hydrogen (secondary N) is 1. The highest BCUT2D eigenvalue weighted by Crippen LogP contribution is 2.26. The maximum Gasteiger partial charge on any atom is 0.573 e. The van der Waals surface area contributed by atoms with Gasteiger partial charge in [0.2, 0.25) is 10.0 Å². The molecule has 7 nitrogen and oxygen atoms in total. The molecule has 0 saturated carbocycles. The second kappa shape index (κ2) is 8.10. The first kappa shape index (κ1) is 22.1. The monoisotopic (exact) mass is 471 g/mol. The van der Waals surface area contributed by atoms with Crippen molar-refractivity contribution in [2.24, 2.45) is 0 Å². The van der Waals surface area contributed by atoms with E-state index in [9.17, 15) is 30.8 Å². The molecule has 0 radical (unpaired) electrons. The van der Waals surface area contributed by atoms with Crippen LogP contribution in [0.5, 0.6) is 5.75 Å². The van der Waals surface area contributed by atoms with E-state index in [2.05, 4.69) is 9.72 Å². The second-order valence-electron chi connectivity index (χ2n) is 7.13. The van der Waals surface area contributed by atoms with Crippen LogP contribution in [0.1, 0.15) is 10.5 Å². The number of benzene rings is 2. The lowest BCUT2D eigenvalue weighted by atomic mass is 10.2. The molecule has 2 heterocycles. The van der Waals surface area contributed by atoms with Crippen LogP contribution < -0.4 is 4.74 Å². The zero-order valence-electron chi connectivity index (χ0n) is 16.4. The first-order valence-electron chi connectivity index (χ1n) is 9.46. The molecule has 1 aromatic heterocycles. The minimum atomic E-state index is -4.87. The van der Waals surface area contributed by atoms with Gasteiger partial charge < -0.3 is 14.6 Å². The summed E-state index contributed by atoms with van der Waals surface area (Å²) in [6.45, 7) is 0.279. The van der Waals surface area contributed by atoms with Crippen molar-refractivity contribution >= 4 is 26.8 Å². The summed E-state index contributed by atoms with van der Waals surface area (Å²) in [5.74, 6) is -1.29. The summed E-state index contributed by atoms with van der Waals surface area (Å²) in [7, 11) is -3.95. The molecule has 0 unspecified atom stereocenters. The van der Waals surface area contributed by atoms with Gasteiger partial charge in [-0.1, -0.05) is 0 Å². The molecular formula is C20H17F4N3O4S.